The highest BCUT2D eigenvalue weighted by molar-refractivity contribution is 6.06. The number of hydrogen-bond donors (Lipinski definition) is 1. The van der Waals surface area contributed by atoms with Crippen molar-refractivity contribution in [2.24, 2.45) is 0 Å². The summed E-state index contributed by atoms with van der Waals surface area (Å²) in [5.74, 6) is 0.239. The van der Waals surface area contributed by atoms with Crippen LogP contribution in [0.3, 0.4) is 0 Å². The van der Waals surface area contributed by atoms with Gasteiger partial charge in [0.25, 0.3) is 0 Å². The maximum absolute atomic E-state index is 11.9. The van der Waals surface area contributed by atoms with Crippen LogP contribution in [0.25, 0.3) is 0 Å². The van der Waals surface area contributed by atoms with Crippen molar-refractivity contribution in [3.05, 3.63) is 23.3 Å². The molecule has 16 heavy (non-hydrogen) atoms. The van der Waals surface area contributed by atoms with E-state index in [2.05, 4.69) is 4.90 Å². The highest BCUT2D eigenvalue weighted by Crippen LogP contribution is 2.38. The van der Waals surface area contributed by atoms with E-state index in [1.54, 1.807) is 6.07 Å². The Balaban J connectivity index is 2.25. The van der Waals surface area contributed by atoms with Crippen molar-refractivity contribution < 1.29 is 9.90 Å². The molecule has 3 heteroatoms. The van der Waals surface area contributed by atoms with Crippen molar-refractivity contribution in [2.45, 2.75) is 25.7 Å². The lowest BCUT2D eigenvalue weighted by Gasteiger charge is -2.31. The molecule has 1 aromatic carbocycles. The zero-order valence-corrected chi connectivity index (χ0v) is 9.20. The summed E-state index contributed by atoms with van der Waals surface area (Å²) in [5.41, 5.74) is 2.79. The van der Waals surface area contributed by atoms with Crippen LogP contribution in [0.1, 0.15) is 35.2 Å². The highest BCUT2D eigenvalue weighted by Gasteiger charge is 2.29. The van der Waals surface area contributed by atoms with Gasteiger partial charge in [-0.15, -0.1) is 0 Å². The standard InChI is InChI=1S/C13H15NO2/c15-10-5-4-9-3-1-2-7-14-8-6-11(16)12(10)13(9)14/h4-5,15H,1-3,6-8H2. The number of phenolic OH excluding ortho intramolecular Hbond substituents is 1. The van der Waals surface area contributed by atoms with E-state index in [4.69, 9.17) is 0 Å². The summed E-state index contributed by atoms with van der Waals surface area (Å²) in [6.45, 7) is 1.82. The number of Topliss-reactive ketones (excluding diaryl/α,β-unsaturated/α-hetero) is 1. The fourth-order valence-corrected chi connectivity index (χ4v) is 2.78. The Hall–Kier alpha value is -1.51. The molecular weight excluding hydrogens is 202 g/mol. The minimum atomic E-state index is 0.0903. The van der Waals surface area contributed by atoms with Gasteiger partial charge in [-0.2, -0.15) is 0 Å². The molecule has 0 amide bonds. The first-order valence-corrected chi connectivity index (χ1v) is 5.90. The maximum atomic E-state index is 11.9. The average molecular weight is 217 g/mol. The van der Waals surface area contributed by atoms with Gasteiger partial charge in [0.05, 0.1) is 11.3 Å². The van der Waals surface area contributed by atoms with Gasteiger partial charge in [-0.1, -0.05) is 6.07 Å². The summed E-state index contributed by atoms with van der Waals surface area (Å²) in [5, 5.41) is 9.83. The Bertz CT molecular complexity index is 453. The molecule has 84 valence electrons. The molecule has 1 aromatic rings. The van der Waals surface area contributed by atoms with Crippen LogP contribution in [0.2, 0.25) is 0 Å². The van der Waals surface area contributed by atoms with E-state index in [1.807, 2.05) is 6.07 Å². The molecule has 0 aliphatic carbocycles. The molecule has 3 rings (SSSR count). The number of rotatable bonds is 0. The SMILES string of the molecule is O=C1CCN2CCCCc3ccc(O)c1c32. The van der Waals surface area contributed by atoms with Crippen LogP contribution in [0, 0.1) is 0 Å². The number of benzene rings is 1. The van der Waals surface area contributed by atoms with Gasteiger partial charge < -0.3 is 10.0 Å². The number of nitrogens with zero attached hydrogens (tertiary/aromatic N) is 1. The Morgan fingerprint density at radius 3 is 2.88 bits per heavy atom. The van der Waals surface area contributed by atoms with E-state index < -0.39 is 0 Å². The summed E-state index contributed by atoms with van der Waals surface area (Å²) < 4.78 is 0. The second-order valence-electron chi connectivity index (χ2n) is 4.58. The van der Waals surface area contributed by atoms with Gasteiger partial charge in [0.15, 0.2) is 5.78 Å². The quantitative estimate of drug-likeness (QED) is 0.723. The fraction of sp³-hybridized carbons (Fsp3) is 0.462. The maximum Gasteiger partial charge on any atom is 0.170 e. The third-order valence-corrected chi connectivity index (χ3v) is 3.57. The second kappa shape index (κ2) is 3.51. The van der Waals surface area contributed by atoms with E-state index >= 15 is 0 Å². The van der Waals surface area contributed by atoms with Crippen molar-refractivity contribution in [1.82, 2.24) is 0 Å². The summed E-state index contributed by atoms with van der Waals surface area (Å²) in [4.78, 5) is 14.1. The van der Waals surface area contributed by atoms with Gasteiger partial charge in [-0.25, -0.2) is 0 Å². The van der Waals surface area contributed by atoms with Gasteiger partial charge in [-0.05, 0) is 30.9 Å². The van der Waals surface area contributed by atoms with Gasteiger partial charge in [0.2, 0.25) is 0 Å². The second-order valence-corrected chi connectivity index (χ2v) is 4.58. The number of anilines is 1. The summed E-state index contributed by atoms with van der Waals surface area (Å²) in [7, 11) is 0. The zero-order valence-electron chi connectivity index (χ0n) is 9.20. The smallest absolute Gasteiger partial charge is 0.170 e. The first-order valence-electron chi connectivity index (χ1n) is 5.90. The number of carbonyl (C=O) groups is 1. The van der Waals surface area contributed by atoms with Crippen LogP contribution in [-0.4, -0.2) is 24.0 Å². The van der Waals surface area contributed by atoms with Crippen LogP contribution in [0.5, 0.6) is 5.75 Å². The van der Waals surface area contributed by atoms with Gasteiger partial charge in [0.1, 0.15) is 5.75 Å². The molecule has 0 aromatic heterocycles. The molecule has 0 saturated heterocycles. The molecule has 3 nitrogen and oxygen atoms in total. The Kier molecular flexibility index (Phi) is 2.13. The minimum absolute atomic E-state index is 0.0903. The number of aromatic hydroxyl groups is 1. The predicted molar refractivity (Wildman–Crippen MR) is 62.2 cm³/mol. The van der Waals surface area contributed by atoms with Gasteiger partial charge in [0, 0.05) is 19.5 Å². The largest absolute Gasteiger partial charge is 0.507 e. The number of aryl methyl sites for hydroxylation is 1. The zero-order chi connectivity index (χ0) is 11.1. The Labute approximate surface area is 94.7 Å². The van der Waals surface area contributed by atoms with Crippen LogP contribution in [0.15, 0.2) is 12.1 Å². The lowest BCUT2D eigenvalue weighted by molar-refractivity contribution is 0.0977. The van der Waals surface area contributed by atoms with Crippen molar-refractivity contribution in [3.8, 4) is 5.75 Å². The van der Waals surface area contributed by atoms with Crippen molar-refractivity contribution in [1.29, 1.82) is 0 Å². The van der Waals surface area contributed by atoms with Crippen molar-refractivity contribution in [2.75, 3.05) is 18.0 Å². The average Bonchev–Trinajstić information content (AvgIpc) is 2.48. The molecule has 1 N–H and O–H groups in total. The lowest BCUT2D eigenvalue weighted by atomic mass is 9.95. The number of carbonyl (C=O) groups excluding carboxylic acids is 1. The normalized spacial score (nSPS) is 19.2. The molecule has 0 atom stereocenters. The number of phenols is 1. The molecular formula is C13H15NO2. The van der Waals surface area contributed by atoms with E-state index in [9.17, 15) is 9.90 Å². The van der Waals surface area contributed by atoms with Crippen LogP contribution < -0.4 is 4.90 Å². The first kappa shape index (κ1) is 9.70. The Morgan fingerprint density at radius 1 is 1.12 bits per heavy atom. The minimum Gasteiger partial charge on any atom is -0.507 e. The van der Waals surface area contributed by atoms with Crippen molar-refractivity contribution in [3.63, 3.8) is 0 Å². The van der Waals surface area contributed by atoms with E-state index in [0.29, 0.717) is 12.0 Å². The molecule has 0 saturated carbocycles. The molecule has 0 bridgehead atoms. The van der Waals surface area contributed by atoms with E-state index in [-0.39, 0.29) is 11.5 Å². The third-order valence-electron chi connectivity index (χ3n) is 3.57. The summed E-state index contributed by atoms with van der Waals surface area (Å²) in [6.07, 6.45) is 3.89. The van der Waals surface area contributed by atoms with Crippen LogP contribution >= 0.6 is 0 Å². The molecule has 2 aliphatic heterocycles. The topological polar surface area (TPSA) is 40.5 Å². The highest BCUT2D eigenvalue weighted by atomic mass is 16.3. The molecule has 0 spiro atoms. The fourth-order valence-electron chi connectivity index (χ4n) is 2.78. The molecule has 0 unspecified atom stereocenters. The van der Waals surface area contributed by atoms with E-state index in [0.717, 1.165) is 25.2 Å². The third kappa shape index (κ3) is 1.31. The predicted octanol–water partition coefficient (Wildman–Crippen LogP) is 2.12. The lowest BCUT2D eigenvalue weighted by Crippen LogP contribution is -2.32. The molecule has 0 radical (unpaired) electrons. The Morgan fingerprint density at radius 2 is 2.00 bits per heavy atom. The molecule has 2 aliphatic rings. The number of ketones is 1. The molecule has 0 fully saturated rings. The first-order chi connectivity index (χ1) is 7.77. The van der Waals surface area contributed by atoms with Crippen LogP contribution in [-0.2, 0) is 6.42 Å². The van der Waals surface area contributed by atoms with Crippen molar-refractivity contribution >= 4 is 11.5 Å². The van der Waals surface area contributed by atoms with Gasteiger partial charge in [-0.3, -0.25) is 4.79 Å². The monoisotopic (exact) mass is 217 g/mol. The van der Waals surface area contributed by atoms with E-state index in [1.165, 1.54) is 18.4 Å². The molecule has 2 heterocycles. The van der Waals surface area contributed by atoms with Gasteiger partial charge >= 0.3 is 0 Å². The number of hydrogen-bond acceptors (Lipinski definition) is 3. The van der Waals surface area contributed by atoms with Crippen LogP contribution in [0.4, 0.5) is 5.69 Å². The summed E-state index contributed by atoms with van der Waals surface area (Å²) in [6, 6.07) is 3.63. The summed E-state index contributed by atoms with van der Waals surface area (Å²) >= 11 is 0.